The van der Waals surface area contributed by atoms with E-state index < -0.39 is 0 Å². The normalized spacial score (nSPS) is 29.4. The third-order valence-electron chi connectivity index (χ3n) is 6.76. The Bertz CT molecular complexity index is 955. The second kappa shape index (κ2) is 5.88. The molecule has 1 aromatic carbocycles. The minimum Gasteiger partial charge on any atom is -0.496 e. The molecule has 136 valence electrons. The van der Waals surface area contributed by atoms with Gasteiger partial charge in [-0.3, -0.25) is 0 Å². The van der Waals surface area contributed by atoms with Crippen LogP contribution in [0.1, 0.15) is 43.2 Å². The molecule has 0 aliphatic heterocycles. The average Bonchev–Trinajstić information content (AvgIpc) is 2.59. The van der Waals surface area contributed by atoms with Crippen molar-refractivity contribution in [3.8, 4) is 0 Å². The molecule has 0 atom stereocenters. The van der Waals surface area contributed by atoms with Crippen LogP contribution in [-0.2, 0) is 4.74 Å². The Hall–Kier alpha value is -1.74. The molecular weight excluding hydrogens is 348 g/mol. The van der Waals surface area contributed by atoms with Crippen LogP contribution in [-0.4, -0.2) is 7.11 Å². The first-order valence-electron chi connectivity index (χ1n) is 9.56. The molecule has 0 saturated heterocycles. The lowest BCUT2D eigenvalue weighted by molar-refractivity contribution is 0.0675. The highest BCUT2D eigenvalue weighted by molar-refractivity contribution is 6.34. The minimum atomic E-state index is -0.341. The van der Waals surface area contributed by atoms with Crippen LogP contribution >= 0.6 is 11.6 Å². The first-order valence-corrected chi connectivity index (χ1v) is 9.94. The molecule has 2 aromatic rings. The quantitative estimate of drug-likeness (QED) is 0.512. The zero-order valence-electron chi connectivity index (χ0n) is 15.2. The van der Waals surface area contributed by atoms with E-state index in [0.29, 0.717) is 22.4 Å². The van der Waals surface area contributed by atoms with E-state index in [1.807, 2.05) is 19.1 Å². The predicted octanol–water partition coefficient (Wildman–Crippen LogP) is 5.57. The molecule has 4 aliphatic rings. The number of hydrogen-bond donors (Lipinski definition) is 0. The zero-order chi connectivity index (χ0) is 18.0. The third-order valence-corrected chi connectivity index (χ3v) is 7.24. The van der Waals surface area contributed by atoms with Gasteiger partial charge in [0.15, 0.2) is 0 Å². The zero-order valence-corrected chi connectivity index (χ0v) is 15.9. The largest absolute Gasteiger partial charge is 0.496 e. The molecule has 6 rings (SSSR count). The van der Waals surface area contributed by atoms with Crippen molar-refractivity contribution in [2.45, 2.75) is 39.0 Å². The van der Waals surface area contributed by atoms with E-state index in [9.17, 15) is 4.79 Å². The molecule has 0 unspecified atom stereocenters. The van der Waals surface area contributed by atoms with Crippen molar-refractivity contribution in [1.29, 1.82) is 0 Å². The number of fused-ring (bicyclic) bond motifs is 1. The van der Waals surface area contributed by atoms with Gasteiger partial charge in [-0.1, -0.05) is 11.6 Å². The number of halogens is 1. The van der Waals surface area contributed by atoms with E-state index in [0.717, 1.165) is 34.1 Å². The van der Waals surface area contributed by atoms with Gasteiger partial charge in [0, 0.05) is 17.0 Å². The van der Waals surface area contributed by atoms with Crippen molar-refractivity contribution in [3.05, 3.63) is 50.3 Å². The van der Waals surface area contributed by atoms with E-state index in [4.69, 9.17) is 20.8 Å². The number of allylic oxidation sites excluding steroid dienone is 1. The summed E-state index contributed by atoms with van der Waals surface area (Å²) in [7, 11) is 1.75. The van der Waals surface area contributed by atoms with Crippen LogP contribution < -0.4 is 5.63 Å². The monoisotopic (exact) mass is 370 g/mol. The number of ether oxygens (including phenoxy) is 1. The molecule has 4 fully saturated rings. The summed E-state index contributed by atoms with van der Waals surface area (Å²) in [5.74, 6) is 3.93. The van der Waals surface area contributed by atoms with Crippen LogP contribution in [0.5, 0.6) is 0 Å². The Balaban J connectivity index is 1.78. The van der Waals surface area contributed by atoms with E-state index in [2.05, 4.69) is 0 Å². The van der Waals surface area contributed by atoms with Crippen molar-refractivity contribution in [2.24, 2.45) is 23.7 Å². The van der Waals surface area contributed by atoms with Crippen LogP contribution in [0.3, 0.4) is 0 Å². The van der Waals surface area contributed by atoms with Crippen LogP contribution in [0.2, 0.25) is 5.02 Å². The Morgan fingerprint density at radius 3 is 2.38 bits per heavy atom. The molecule has 26 heavy (non-hydrogen) atoms. The maximum Gasteiger partial charge on any atom is 0.336 e. The summed E-state index contributed by atoms with van der Waals surface area (Å²) in [5.41, 5.74) is 3.50. The smallest absolute Gasteiger partial charge is 0.336 e. The van der Waals surface area contributed by atoms with E-state index in [-0.39, 0.29) is 5.63 Å². The molecule has 1 heterocycles. The highest BCUT2D eigenvalue weighted by Crippen LogP contribution is 2.58. The summed E-state index contributed by atoms with van der Waals surface area (Å²) in [4.78, 5) is 11.7. The molecule has 0 spiro atoms. The molecular formula is C22H23ClO3. The molecule has 0 radical (unpaired) electrons. The average molecular weight is 371 g/mol. The first-order chi connectivity index (χ1) is 12.5. The van der Waals surface area contributed by atoms with Gasteiger partial charge < -0.3 is 9.15 Å². The van der Waals surface area contributed by atoms with Gasteiger partial charge in [0.2, 0.25) is 0 Å². The fourth-order valence-corrected chi connectivity index (χ4v) is 6.21. The van der Waals surface area contributed by atoms with Gasteiger partial charge in [-0.15, -0.1) is 0 Å². The Morgan fingerprint density at radius 1 is 1.12 bits per heavy atom. The van der Waals surface area contributed by atoms with Crippen LogP contribution in [0, 0.1) is 30.6 Å². The summed E-state index contributed by atoms with van der Waals surface area (Å²) in [6.45, 7) is 1.95. The van der Waals surface area contributed by atoms with Crippen molar-refractivity contribution < 1.29 is 9.15 Å². The highest BCUT2D eigenvalue weighted by atomic mass is 35.5. The molecule has 4 aliphatic carbocycles. The second-order valence-electron chi connectivity index (χ2n) is 8.34. The number of rotatable bonds is 2. The van der Waals surface area contributed by atoms with Crippen molar-refractivity contribution in [1.82, 2.24) is 0 Å². The number of benzene rings is 1. The molecule has 4 saturated carbocycles. The van der Waals surface area contributed by atoms with Gasteiger partial charge in [0.25, 0.3) is 0 Å². The fraction of sp³-hybridized carbons (Fsp3) is 0.500. The van der Waals surface area contributed by atoms with E-state index in [1.165, 1.54) is 43.7 Å². The molecule has 0 amide bonds. The SMILES string of the molecule is COC(=C1C2CC3CC(C2)CC1C3)c1c(Cl)c(C)cc2oc(=O)ccc12. The van der Waals surface area contributed by atoms with Gasteiger partial charge in [-0.2, -0.15) is 0 Å². The van der Waals surface area contributed by atoms with Crippen molar-refractivity contribution in [3.63, 3.8) is 0 Å². The van der Waals surface area contributed by atoms with Crippen LogP contribution in [0.15, 0.2) is 33.0 Å². The van der Waals surface area contributed by atoms with Crippen LogP contribution in [0.25, 0.3) is 16.7 Å². The van der Waals surface area contributed by atoms with Gasteiger partial charge in [-0.25, -0.2) is 4.79 Å². The van der Waals surface area contributed by atoms with Gasteiger partial charge in [-0.05, 0) is 86.0 Å². The fourth-order valence-electron chi connectivity index (χ4n) is 5.97. The van der Waals surface area contributed by atoms with Gasteiger partial charge in [0.1, 0.15) is 11.3 Å². The first kappa shape index (κ1) is 16.4. The van der Waals surface area contributed by atoms with Crippen molar-refractivity contribution in [2.75, 3.05) is 7.11 Å². The Labute approximate surface area is 158 Å². The Kier molecular flexibility index (Phi) is 3.72. The van der Waals surface area contributed by atoms with Gasteiger partial charge >= 0.3 is 5.63 Å². The molecule has 1 aromatic heterocycles. The van der Waals surface area contributed by atoms with Gasteiger partial charge in [0.05, 0.1) is 12.1 Å². The lowest BCUT2D eigenvalue weighted by Crippen LogP contribution is -2.40. The summed E-state index contributed by atoms with van der Waals surface area (Å²) < 4.78 is 11.5. The lowest BCUT2D eigenvalue weighted by Gasteiger charge is -2.51. The summed E-state index contributed by atoms with van der Waals surface area (Å²) in [6, 6.07) is 5.13. The maximum absolute atomic E-state index is 11.7. The van der Waals surface area contributed by atoms with Crippen molar-refractivity contribution >= 4 is 28.3 Å². The second-order valence-corrected chi connectivity index (χ2v) is 8.72. The van der Waals surface area contributed by atoms with E-state index in [1.54, 1.807) is 7.11 Å². The number of methoxy groups -OCH3 is 1. The standard InChI is InChI=1S/C22H23ClO3/c1-11-5-17-16(3-4-18(24)26-17)20(21(11)23)22(25-2)19-14-7-12-6-13(9-14)10-15(19)8-12/h3-5,12-15H,6-10H2,1-2H3. The topological polar surface area (TPSA) is 39.4 Å². The molecule has 0 N–H and O–H groups in total. The molecule has 4 heteroatoms. The number of hydrogen-bond acceptors (Lipinski definition) is 3. The highest BCUT2D eigenvalue weighted by Gasteiger charge is 2.47. The third kappa shape index (κ3) is 2.36. The molecule has 4 bridgehead atoms. The summed E-state index contributed by atoms with van der Waals surface area (Å²) >= 11 is 6.76. The summed E-state index contributed by atoms with van der Waals surface area (Å²) in [5, 5.41) is 1.56. The van der Waals surface area contributed by atoms with E-state index >= 15 is 0 Å². The molecule has 3 nitrogen and oxygen atoms in total. The van der Waals surface area contributed by atoms with Crippen LogP contribution in [0.4, 0.5) is 0 Å². The lowest BCUT2D eigenvalue weighted by atomic mass is 9.54. The summed E-state index contributed by atoms with van der Waals surface area (Å²) in [6.07, 6.45) is 6.55. The maximum atomic E-state index is 11.7. The minimum absolute atomic E-state index is 0.341. The predicted molar refractivity (Wildman–Crippen MR) is 103 cm³/mol. The number of aryl methyl sites for hydroxylation is 1. The Morgan fingerprint density at radius 2 is 1.77 bits per heavy atom.